The lowest BCUT2D eigenvalue weighted by atomic mass is 10.1. The largest absolute Gasteiger partial charge is 0.488 e. The number of benzene rings is 2. The van der Waals surface area contributed by atoms with Gasteiger partial charge in [-0.15, -0.1) is 0 Å². The van der Waals surface area contributed by atoms with Crippen molar-refractivity contribution in [2.45, 2.75) is 6.61 Å². The molecule has 0 spiro atoms. The highest BCUT2D eigenvalue weighted by Gasteiger charge is 2.08. The molecule has 21 heavy (non-hydrogen) atoms. The second kappa shape index (κ2) is 5.80. The molecule has 5 heteroatoms. The Morgan fingerprint density at radius 1 is 1.10 bits per heavy atom. The Kier molecular flexibility index (Phi) is 3.86. The average molecular weight is 319 g/mol. The smallest absolute Gasteiger partial charge is 0.129 e. The first kappa shape index (κ1) is 14.0. The van der Waals surface area contributed by atoms with Gasteiger partial charge < -0.3 is 10.5 Å². The molecular formula is C16H12Cl2N2O. The van der Waals surface area contributed by atoms with Crippen LogP contribution in [-0.2, 0) is 6.61 Å². The number of pyridine rings is 1. The van der Waals surface area contributed by atoms with Gasteiger partial charge in [0.2, 0.25) is 0 Å². The van der Waals surface area contributed by atoms with E-state index in [4.69, 9.17) is 33.7 Å². The van der Waals surface area contributed by atoms with Crippen molar-refractivity contribution >= 4 is 39.8 Å². The number of anilines is 1. The number of aromatic nitrogens is 1. The molecule has 2 aromatic carbocycles. The minimum atomic E-state index is 0.327. The lowest BCUT2D eigenvalue weighted by Gasteiger charge is -2.11. The van der Waals surface area contributed by atoms with Crippen LogP contribution in [-0.4, -0.2) is 4.98 Å². The number of halogens is 2. The Morgan fingerprint density at radius 2 is 1.95 bits per heavy atom. The molecule has 0 saturated heterocycles. The Hall–Kier alpha value is -1.97. The first-order valence-electron chi connectivity index (χ1n) is 6.35. The van der Waals surface area contributed by atoms with Crippen LogP contribution in [0, 0.1) is 0 Å². The molecule has 0 bridgehead atoms. The molecule has 2 N–H and O–H groups in total. The first-order valence-corrected chi connectivity index (χ1v) is 7.10. The molecule has 0 aliphatic rings. The van der Waals surface area contributed by atoms with Crippen LogP contribution in [0.2, 0.25) is 10.0 Å². The molecule has 0 aliphatic carbocycles. The number of ether oxygens (including phenoxy) is 1. The monoisotopic (exact) mass is 318 g/mol. The maximum absolute atomic E-state index is 6.13. The second-order valence-corrected chi connectivity index (χ2v) is 5.42. The van der Waals surface area contributed by atoms with E-state index in [0.717, 1.165) is 16.5 Å². The van der Waals surface area contributed by atoms with Crippen molar-refractivity contribution in [2.24, 2.45) is 0 Å². The molecule has 3 aromatic rings. The normalized spacial score (nSPS) is 10.8. The molecule has 0 unspecified atom stereocenters. The summed E-state index contributed by atoms with van der Waals surface area (Å²) >= 11 is 12.1. The van der Waals surface area contributed by atoms with Crippen LogP contribution >= 0.6 is 23.2 Å². The predicted molar refractivity (Wildman–Crippen MR) is 86.9 cm³/mol. The van der Waals surface area contributed by atoms with Gasteiger partial charge in [-0.2, -0.15) is 0 Å². The molecule has 106 valence electrons. The number of rotatable bonds is 3. The zero-order chi connectivity index (χ0) is 14.8. The van der Waals surface area contributed by atoms with E-state index in [-0.39, 0.29) is 0 Å². The van der Waals surface area contributed by atoms with E-state index in [9.17, 15) is 0 Å². The van der Waals surface area contributed by atoms with Crippen molar-refractivity contribution in [1.82, 2.24) is 4.98 Å². The molecule has 0 saturated carbocycles. The molecule has 0 atom stereocenters. The van der Waals surface area contributed by atoms with E-state index in [0.29, 0.717) is 28.1 Å². The Labute approximate surface area is 132 Å². The maximum atomic E-state index is 6.13. The van der Waals surface area contributed by atoms with E-state index in [2.05, 4.69) is 4.98 Å². The molecule has 1 aromatic heterocycles. The van der Waals surface area contributed by atoms with Crippen molar-refractivity contribution in [3.8, 4) is 5.75 Å². The summed E-state index contributed by atoms with van der Waals surface area (Å²) in [6, 6.07) is 12.7. The Balaban J connectivity index is 1.92. The first-order chi connectivity index (χ1) is 10.1. The zero-order valence-corrected chi connectivity index (χ0v) is 12.5. The summed E-state index contributed by atoms with van der Waals surface area (Å²) in [7, 11) is 0. The lowest BCUT2D eigenvalue weighted by Crippen LogP contribution is -1.98. The van der Waals surface area contributed by atoms with Crippen LogP contribution in [0.3, 0.4) is 0 Å². The second-order valence-electron chi connectivity index (χ2n) is 4.58. The van der Waals surface area contributed by atoms with Gasteiger partial charge in [0.25, 0.3) is 0 Å². The van der Waals surface area contributed by atoms with Crippen molar-refractivity contribution in [1.29, 1.82) is 0 Å². The van der Waals surface area contributed by atoms with Crippen LogP contribution in [0.4, 0.5) is 5.69 Å². The van der Waals surface area contributed by atoms with E-state index in [1.54, 1.807) is 30.5 Å². The average Bonchev–Trinajstić information content (AvgIpc) is 2.50. The molecule has 0 aliphatic heterocycles. The molecule has 0 fully saturated rings. The lowest BCUT2D eigenvalue weighted by molar-refractivity contribution is 0.310. The molecule has 3 rings (SSSR count). The third-order valence-corrected chi connectivity index (χ3v) is 3.76. The van der Waals surface area contributed by atoms with Crippen molar-refractivity contribution < 1.29 is 4.74 Å². The quantitative estimate of drug-likeness (QED) is 0.712. The van der Waals surface area contributed by atoms with Crippen molar-refractivity contribution in [2.75, 3.05) is 5.73 Å². The number of hydrogen-bond donors (Lipinski definition) is 1. The summed E-state index contributed by atoms with van der Waals surface area (Å²) in [5, 5.41) is 2.12. The summed E-state index contributed by atoms with van der Waals surface area (Å²) in [5.41, 5.74) is 8.10. The van der Waals surface area contributed by atoms with Crippen LogP contribution in [0.25, 0.3) is 10.9 Å². The third-order valence-electron chi connectivity index (χ3n) is 3.15. The number of nitrogen functional groups attached to an aromatic ring is 1. The van der Waals surface area contributed by atoms with Crippen molar-refractivity contribution in [3.63, 3.8) is 0 Å². The zero-order valence-electron chi connectivity index (χ0n) is 11.0. The Morgan fingerprint density at radius 3 is 2.81 bits per heavy atom. The van der Waals surface area contributed by atoms with E-state index < -0.39 is 0 Å². The fourth-order valence-corrected chi connectivity index (χ4v) is 2.47. The number of nitrogens with zero attached hydrogens (tertiary/aromatic N) is 1. The van der Waals surface area contributed by atoms with Gasteiger partial charge in [0.1, 0.15) is 12.4 Å². The van der Waals surface area contributed by atoms with Gasteiger partial charge in [0.05, 0.1) is 11.2 Å². The fourth-order valence-electron chi connectivity index (χ4n) is 2.10. The molecule has 1 heterocycles. The minimum absolute atomic E-state index is 0.327. The summed E-state index contributed by atoms with van der Waals surface area (Å²) in [6.07, 6.45) is 1.70. The Bertz CT molecular complexity index is 805. The molecule has 0 amide bonds. The highest BCUT2D eigenvalue weighted by Crippen LogP contribution is 2.30. The van der Waals surface area contributed by atoms with Gasteiger partial charge >= 0.3 is 0 Å². The van der Waals surface area contributed by atoms with Gasteiger partial charge in [0, 0.05) is 27.2 Å². The number of nitrogens with two attached hydrogens (primary N) is 1. The fraction of sp³-hybridized carbons (Fsp3) is 0.0625. The highest BCUT2D eigenvalue weighted by atomic mass is 35.5. The van der Waals surface area contributed by atoms with E-state index in [1.807, 2.05) is 18.2 Å². The van der Waals surface area contributed by atoms with Crippen LogP contribution in [0.5, 0.6) is 5.75 Å². The highest BCUT2D eigenvalue weighted by molar-refractivity contribution is 6.33. The van der Waals surface area contributed by atoms with Gasteiger partial charge in [0.15, 0.2) is 0 Å². The molecular weight excluding hydrogens is 307 g/mol. The van der Waals surface area contributed by atoms with Gasteiger partial charge in [-0.25, -0.2) is 0 Å². The van der Waals surface area contributed by atoms with Crippen LogP contribution in [0.1, 0.15) is 5.56 Å². The van der Waals surface area contributed by atoms with Gasteiger partial charge in [-0.05, 0) is 42.5 Å². The summed E-state index contributed by atoms with van der Waals surface area (Å²) < 4.78 is 5.86. The molecule has 0 radical (unpaired) electrons. The predicted octanol–water partition coefficient (Wildman–Crippen LogP) is 4.70. The van der Waals surface area contributed by atoms with E-state index in [1.165, 1.54) is 0 Å². The third kappa shape index (κ3) is 2.89. The maximum Gasteiger partial charge on any atom is 0.129 e. The molecule has 3 nitrogen and oxygen atoms in total. The standard InChI is InChI=1S/C16H12Cl2N2O/c17-11-3-4-13(18)10(8-11)9-21-15-6-5-14(19)16-12(15)2-1-7-20-16/h1-8H,9,19H2. The van der Waals surface area contributed by atoms with Crippen LogP contribution in [0.15, 0.2) is 48.7 Å². The summed E-state index contributed by atoms with van der Waals surface area (Å²) in [4.78, 5) is 4.28. The van der Waals surface area contributed by atoms with E-state index >= 15 is 0 Å². The topological polar surface area (TPSA) is 48.1 Å². The van der Waals surface area contributed by atoms with Crippen LogP contribution < -0.4 is 10.5 Å². The minimum Gasteiger partial charge on any atom is -0.488 e. The number of hydrogen-bond acceptors (Lipinski definition) is 3. The SMILES string of the molecule is Nc1ccc(OCc2cc(Cl)ccc2Cl)c2cccnc12. The number of fused-ring (bicyclic) bond motifs is 1. The van der Waals surface area contributed by atoms with Crippen molar-refractivity contribution in [3.05, 3.63) is 64.3 Å². The van der Waals surface area contributed by atoms with Gasteiger partial charge in [-0.3, -0.25) is 4.98 Å². The summed E-state index contributed by atoms with van der Waals surface area (Å²) in [5.74, 6) is 0.711. The van der Waals surface area contributed by atoms with Gasteiger partial charge in [-0.1, -0.05) is 23.2 Å². The summed E-state index contributed by atoms with van der Waals surface area (Å²) in [6.45, 7) is 0.327.